The molecule has 0 unspecified atom stereocenters. The van der Waals surface area contributed by atoms with Crippen molar-refractivity contribution in [1.29, 1.82) is 0 Å². The van der Waals surface area contributed by atoms with Crippen LogP contribution in [-0.4, -0.2) is 45.2 Å². The van der Waals surface area contributed by atoms with E-state index in [9.17, 15) is 13.6 Å². The maximum absolute atomic E-state index is 13.7. The number of aromatic nitrogens is 4. The second kappa shape index (κ2) is 14.0. The van der Waals surface area contributed by atoms with Crippen LogP contribution in [0.4, 0.5) is 20.3 Å². The number of hydrogen-bond acceptors (Lipinski definition) is 9. The first kappa shape index (κ1) is 35.2. The van der Waals surface area contributed by atoms with Gasteiger partial charge in [0.1, 0.15) is 5.52 Å². The van der Waals surface area contributed by atoms with E-state index in [4.69, 9.17) is 26.1 Å². The van der Waals surface area contributed by atoms with E-state index in [2.05, 4.69) is 41.5 Å². The predicted octanol–water partition coefficient (Wildman–Crippen LogP) is 9.52. The average molecular weight is 778 g/mol. The number of pyridine rings is 2. The molecule has 3 aromatic heterocycles. The van der Waals surface area contributed by atoms with Gasteiger partial charge in [-0.05, 0) is 91.2 Å². The highest BCUT2D eigenvalue weighted by Gasteiger charge is 2.58. The highest BCUT2D eigenvalue weighted by atomic mass is 79.9. The molecule has 51 heavy (non-hydrogen) atoms. The molecule has 9 nitrogen and oxygen atoms in total. The van der Waals surface area contributed by atoms with Crippen molar-refractivity contribution >= 4 is 56.0 Å². The lowest BCUT2D eigenvalue weighted by molar-refractivity contribution is -0.154. The second-order valence-electron chi connectivity index (χ2n) is 13.2. The zero-order chi connectivity index (χ0) is 35.9. The van der Waals surface area contributed by atoms with Gasteiger partial charge in [0.2, 0.25) is 5.88 Å². The monoisotopic (exact) mass is 776 g/mol. The predicted molar refractivity (Wildman–Crippen MR) is 196 cm³/mol. The molecular formula is C38H36BrClF2N6O3. The minimum Gasteiger partial charge on any atom is -0.481 e. The Kier molecular flexibility index (Phi) is 9.68. The quantitative estimate of drug-likeness (QED) is 0.127. The molecule has 2 N–H and O–H groups in total. The number of carbonyl (C=O) groups excluding carboxylic acids is 1. The summed E-state index contributed by atoms with van der Waals surface area (Å²) in [6.45, 7) is 4.73. The maximum atomic E-state index is 13.7. The minimum absolute atomic E-state index is 0.0688. The Morgan fingerprint density at radius 1 is 1.02 bits per heavy atom. The summed E-state index contributed by atoms with van der Waals surface area (Å²) < 4.78 is 39.3. The molecule has 2 aromatic carbocycles. The smallest absolute Gasteiger partial charge is 0.312 e. The summed E-state index contributed by atoms with van der Waals surface area (Å²) in [6.07, 6.45) is 3.04. The maximum Gasteiger partial charge on any atom is 0.312 e. The molecule has 7 rings (SSSR count). The number of halogens is 4. The Balaban J connectivity index is 1.14. The number of methoxy groups -OCH3 is 1. The van der Waals surface area contributed by atoms with E-state index in [1.165, 1.54) is 0 Å². The number of fused-ring (bicyclic) bond motifs is 3. The number of ether oxygens (including phenoxy) is 2. The molecule has 2 aliphatic carbocycles. The van der Waals surface area contributed by atoms with E-state index >= 15 is 0 Å². The number of rotatable bonds is 11. The van der Waals surface area contributed by atoms with Crippen LogP contribution in [0.25, 0.3) is 33.4 Å². The minimum atomic E-state index is -2.85. The van der Waals surface area contributed by atoms with Gasteiger partial charge in [-0.25, -0.2) is 28.7 Å². The third-order valence-corrected chi connectivity index (χ3v) is 11.0. The van der Waals surface area contributed by atoms with Gasteiger partial charge in [0.05, 0.1) is 35.4 Å². The summed E-state index contributed by atoms with van der Waals surface area (Å²) in [5, 5.41) is 7.46. The molecule has 0 amide bonds. The first-order chi connectivity index (χ1) is 24.5. The molecule has 3 heterocycles. The van der Waals surface area contributed by atoms with Gasteiger partial charge < -0.3 is 20.1 Å². The van der Waals surface area contributed by atoms with E-state index in [0.29, 0.717) is 50.9 Å². The van der Waals surface area contributed by atoms with E-state index in [1.807, 2.05) is 62.4 Å². The van der Waals surface area contributed by atoms with Gasteiger partial charge >= 0.3 is 5.97 Å². The van der Waals surface area contributed by atoms with E-state index in [0.717, 1.165) is 59.9 Å². The Morgan fingerprint density at radius 2 is 1.76 bits per heavy atom. The fourth-order valence-electron chi connectivity index (χ4n) is 7.55. The summed E-state index contributed by atoms with van der Waals surface area (Å²) in [6, 6.07) is 17.0. The number of hydrogen-bond donors (Lipinski definition) is 2. The average Bonchev–Trinajstić information content (AvgIpc) is 3.70. The van der Waals surface area contributed by atoms with Crippen LogP contribution in [0.2, 0.25) is 5.02 Å². The number of nitrogens with zero attached hydrogens (tertiary/aromatic N) is 4. The molecule has 0 saturated heterocycles. The fraction of sp³-hybridized carbons (Fsp3) is 0.342. The van der Waals surface area contributed by atoms with Gasteiger partial charge in [-0.3, -0.25) is 4.79 Å². The molecule has 2 aliphatic rings. The van der Waals surface area contributed by atoms with Gasteiger partial charge in [-0.15, -0.1) is 0 Å². The highest BCUT2D eigenvalue weighted by Crippen LogP contribution is 2.57. The van der Waals surface area contributed by atoms with Gasteiger partial charge in [0.25, 0.3) is 6.43 Å². The van der Waals surface area contributed by atoms with Crippen molar-refractivity contribution in [1.82, 2.24) is 25.3 Å². The van der Waals surface area contributed by atoms with Crippen LogP contribution in [0, 0.1) is 12.3 Å². The zero-order valence-electron chi connectivity index (χ0n) is 28.3. The molecule has 2 fully saturated rings. The largest absolute Gasteiger partial charge is 0.481 e. The van der Waals surface area contributed by atoms with Crippen LogP contribution in [-0.2, 0) is 16.1 Å². The SMILES string of the molecule is CCOC(=O)C12CCC(NCc3ccc(-c4cccc(-c5cccc(Nc6nc(C(F)F)nc7cc(Br)cnc67)c5C)c4Cl)nc3OC)(CC1)C2. The molecule has 5 aromatic rings. The van der Waals surface area contributed by atoms with Crippen molar-refractivity contribution in [3.8, 4) is 28.3 Å². The van der Waals surface area contributed by atoms with Crippen LogP contribution in [0.3, 0.4) is 0 Å². The summed E-state index contributed by atoms with van der Waals surface area (Å²) in [7, 11) is 1.60. The molecule has 0 atom stereocenters. The first-order valence-electron chi connectivity index (χ1n) is 16.8. The molecule has 0 radical (unpaired) electrons. The standard InChI is InChI=1S/C38H36BrClF2N6O3/c1-4-51-36(49)37-13-15-38(20-37,16-14-37)44-18-22-11-12-28(47-35(22)50-3)26-9-5-8-25(30(26)40)24-7-6-10-27(21(24)2)45-33-31-29(17-23(39)19-43-31)46-34(48-33)32(41)42/h5-12,17,19,32,44H,4,13-16,18,20H2,1-3H3,(H,45,46,48). The van der Waals surface area contributed by atoms with E-state index in [-0.39, 0.29) is 22.7 Å². The molecule has 13 heteroatoms. The van der Waals surface area contributed by atoms with Crippen molar-refractivity contribution in [3.63, 3.8) is 0 Å². The number of esters is 1. The van der Waals surface area contributed by atoms with Crippen molar-refractivity contribution in [2.45, 2.75) is 64.5 Å². The lowest BCUT2D eigenvalue weighted by Gasteiger charge is -2.28. The molecule has 2 saturated carbocycles. The van der Waals surface area contributed by atoms with Crippen LogP contribution in [0.5, 0.6) is 5.88 Å². The van der Waals surface area contributed by atoms with Crippen LogP contribution in [0.15, 0.2) is 65.3 Å². The molecule has 0 spiro atoms. The van der Waals surface area contributed by atoms with Crippen LogP contribution >= 0.6 is 27.5 Å². The fourth-order valence-corrected chi connectivity index (χ4v) is 8.19. The van der Waals surface area contributed by atoms with E-state index < -0.39 is 12.2 Å². The summed E-state index contributed by atoms with van der Waals surface area (Å²) in [5.74, 6) is 0.00837. The van der Waals surface area contributed by atoms with Crippen molar-refractivity contribution in [3.05, 3.63) is 87.2 Å². The Bertz CT molecular complexity index is 2140. The van der Waals surface area contributed by atoms with Gasteiger partial charge in [0.15, 0.2) is 11.6 Å². The Hall–Kier alpha value is -4.26. The number of carbonyl (C=O) groups is 1. The lowest BCUT2D eigenvalue weighted by Crippen LogP contribution is -2.40. The molecule has 2 bridgehead atoms. The second-order valence-corrected chi connectivity index (χ2v) is 14.5. The van der Waals surface area contributed by atoms with Crippen molar-refractivity contribution in [2.24, 2.45) is 5.41 Å². The molecular weight excluding hydrogens is 742 g/mol. The topological polar surface area (TPSA) is 111 Å². The molecule has 0 aliphatic heterocycles. The number of benzene rings is 2. The summed E-state index contributed by atoms with van der Waals surface area (Å²) in [4.78, 5) is 30.1. The van der Waals surface area contributed by atoms with E-state index in [1.54, 1.807) is 19.4 Å². The lowest BCUT2D eigenvalue weighted by atomic mass is 9.84. The third kappa shape index (κ3) is 6.65. The zero-order valence-corrected chi connectivity index (χ0v) is 30.7. The van der Waals surface area contributed by atoms with Crippen molar-refractivity contribution in [2.75, 3.05) is 19.0 Å². The summed E-state index contributed by atoms with van der Waals surface area (Å²) in [5.41, 5.74) is 5.57. The Labute approximate surface area is 307 Å². The van der Waals surface area contributed by atoms with Gasteiger partial charge in [0, 0.05) is 45.1 Å². The Morgan fingerprint density at radius 3 is 2.51 bits per heavy atom. The first-order valence-corrected chi connectivity index (χ1v) is 18.0. The third-order valence-electron chi connectivity index (χ3n) is 10.2. The van der Waals surface area contributed by atoms with Crippen molar-refractivity contribution < 1.29 is 23.0 Å². The van der Waals surface area contributed by atoms with Crippen LogP contribution < -0.4 is 15.4 Å². The van der Waals surface area contributed by atoms with Crippen LogP contribution in [0.1, 0.15) is 62.4 Å². The number of anilines is 2. The van der Waals surface area contributed by atoms with Gasteiger partial charge in [-0.1, -0.05) is 48.0 Å². The number of nitrogens with one attached hydrogen (secondary N) is 2. The normalized spacial score (nSPS) is 19.5. The van der Waals surface area contributed by atoms with Gasteiger partial charge in [-0.2, -0.15) is 0 Å². The molecule has 264 valence electrons. The number of alkyl halides is 2. The highest BCUT2D eigenvalue weighted by molar-refractivity contribution is 9.10. The summed E-state index contributed by atoms with van der Waals surface area (Å²) >= 11 is 10.5.